The predicted octanol–water partition coefficient (Wildman–Crippen LogP) is 2.02. The molecule has 2 aliphatic heterocycles. The number of nitrogens with zero attached hydrogens (tertiary/aromatic N) is 3. The van der Waals surface area contributed by atoms with Gasteiger partial charge in [0.25, 0.3) is 0 Å². The van der Waals surface area contributed by atoms with Crippen LogP contribution in [0.3, 0.4) is 0 Å². The number of methoxy groups -OCH3 is 1. The summed E-state index contributed by atoms with van der Waals surface area (Å²) in [4.78, 5) is 19.5. The molecule has 1 fully saturated rings. The molecule has 1 aromatic carbocycles. The molecule has 25 heavy (non-hydrogen) atoms. The molecular weight excluding hydrogens is 316 g/mol. The number of amides is 1. The van der Waals surface area contributed by atoms with Gasteiger partial charge in [0.15, 0.2) is 0 Å². The van der Waals surface area contributed by atoms with Crippen LogP contribution in [0.2, 0.25) is 0 Å². The first-order chi connectivity index (χ1) is 12.2. The first kappa shape index (κ1) is 16.3. The largest absolute Gasteiger partial charge is 0.383 e. The number of para-hydroxylation sites is 1. The lowest BCUT2D eigenvalue weighted by Gasteiger charge is -2.37. The van der Waals surface area contributed by atoms with Gasteiger partial charge in [-0.05, 0) is 37.6 Å². The number of aromatic nitrogens is 2. The van der Waals surface area contributed by atoms with Crippen molar-refractivity contribution in [2.24, 2.45) is 0 Å². The fourth-order valence-electron chi connectivity index (χ4n) is 4.05. The van der Waals surface area contributed by atoms with E-state index in [9.17, 15) is 4.79 Å². The van der Waals surface area contributed by atoms with Crippen LogP contribution in [0.1, 0.15) is 24.2 Å². The molecule has 0 aliphatic carbocycles. The molecule has 2 aliphatic rings. The van der Waals surface area contributed by atoms with Gasteiger partial charge in [-0.3, -0.25) is 9.69 Å². The highest BCUT2D eigenvalue weighted by molar-refractivity contribution is 6.06. The van der Waals surface area contributed by atoms with Gasteiger partial charge < -0.3 is 14.6 Å². The molecule has 1 amide bonds. The van der Waals surface area contributed by atoms with E-state index in [1.54, 1.807) is 7.11 Å². The Bertz CT molecular complexity index is 762. The van der Waals surface area contributed by atoms with E-state index < -0.39 is 0 Å². The topological polar surface area (TPSA) is 59.4 Å². The molecule has 0 bridgehead atoms. The number of hydrogen-bond donors (Lipinski definition) is 1. The van der Waals surface area contributed by atoms with E-state index in [4.69, 9.17) is 4.74 Å². The van der Waals surface area contributed by atoms with E-state index in [-0.39, 0.29) is 11.3 Å². The molecule has 3 heterocycles. The number of piperidine rings is 1. The molecular formula is C19H24N4O2. The Balaban J connectivity index is 1.44. The van der Waals surface area contributed by atoms with E-state index in [2.05, 4.69) is 25.8 Å². The van der Waals surface area contributed by atoms with Crippen LogP contribution in [0.4, 0.5) is 5.69 Å². The van der Waals surface area contributed by atoms with Crippen molar-refractivity contribution >= 4 is 11.6 Å². The Morgan fingerprint density at radius 2 is 2.08 bits per heavy atom. The summed E-state index contributed by atoms with van der Waals surface area (Å²) in [5, 5.41) is 3.06. The van der Waals surface area contributed by atoms with Crippen molar-refractivity contribution < 1.29 is 9.53 Å². The highest BCUT2D eigenvalue weighted by Crippen LogP contribution is 2.44. The summed E-state index contributed by atoms with van der Waals surface area (Å²) in [5.41, 5.74) is 1.80. The van der Waals surface area contributed by atoms with Crippen LogP contribution < -0.4 is 5.32 Å². The van der Waals surface area contributed by atoms with E-state index in [0.29, 0.717) is 6.61 Å². The number of benzene rings is 1. The Labute approximate surface area is 147 Å². The summed E-state index contributed by atoms with van der Waals surface area (Å²) in [7, 11) is 1.71. The van der Waals surface area contributed by atoms with Crippen molar-refractivity contribution in [3.63, 3.8) is 0 Å². The fraction of sp³-hybridized carbons (Fsp3) is 0.474. The maximum Gasteiger partial charge on any atom is 0.235 e. The minimum Gasteiger partial charge on any atom is -0.383 e. The van der Waals surface area contributed by atoms with Gasteiger partial charge in [0.05, 0.1) is 18.6 Å². The van der Waals surface area contributed by atoms with Crippen molar-refractivity contribution in [2.75, 3.05) is 32.1 Å². The number of likely N-dealkylation sites (tertiary alicyclic amines) is 1. The van der Waals surface area contributed by atoms with Gasteiger partial charge in [0.2, 0.25) is 5.91 Å². The summed E-state index contributed by atoms with van der Waals surface area (Å²) in [5.74, 6) is 1.22. The van der Waals surface area contributed by atoms with Gasteiger partial charge >= 0.3 is 0 Å². The number of anilines is 1. The molecule has 2 aromatic rings. The molecule has 0 saturated carbocycles. The standard InChI is InChI=1S/C19H24N4O2/c1-25-13-12-23-11-8-20-17(23)14-22-9-6-19(7-10-22)15-4-2-3-5-16(15)21-18(19)24/h2-5,8,11H,6-7,9-10,12-14H2,1H3,(H,21,24). The maximum atomic E-state index is 12.6. The zero-order valence-corrected chi connectivity index (χ0v) is 14.6. The minimum atomic E-state index is -0.349. The smallest absolute Gasteiger partial charge is 0.235 e. The summed E-state index contributed by atoms with van der Waals surface area (Å²) in [6.45, 7) is 4.12. The van der Waals surface area contributed by atoms with E-state index in [1.165, 1.54) is 5.56 Å². The lowest BCUT2D eigenvalue weighted by atomic mass is 9.73. The van der Waals surface area contributed by atoms with Crippen LogP contribution in [0, 0.1) is 0 Å². The van der Waals surface area contributed by atoms with E-state index >= 15 is 0 Å². The Morgan fingerprint density at radius 3 is 2.88 bits per heavy atom. The zero-order chi connectivity index (χ0) is 17.3. The molecule has 1 N–H and O–H groups in total. The zero-order valence-electron chi connectivity index (χ0n) is 14.6. The van der Waals surface area contributed by atoms with Crippen LogP contribution in [-0.4, -0.2) is 47.2 Å². The second kappa shape index (κ2) is 6.61. The predicted molar refractivity (Wildman–Crippen MR) is 95.4 cm³/mol. The molecule has 1 saturated heterocycles. The summed E-state index contributed by atoms with van der Waals surface area (Å²) in [6, 6.07) is 8.11. The molecule has 132 valence electrons. The Kier molecular flexibility index (Phi) is 4.31. The average molecular weight is 340 g/mol. The lowest BCUT2D eigenvalue weighted by Crippen LogP contribution is -2.46. The third-order valence-electron chi connectivity index (χ3n) is 5.54. The summed E-state index contributed by atoms with van der Waals surface area (Å²) in [6.07, 6.45) is 5.56. The van der Waals surface area contributed by atoms with Crippen LogP contribution >= 0.6 is 0 Å². The summed E-state index contributed by atoms with van der Waals surface area (Å²) >= 11 is 0. The Hall–Kier alpha value is -2.18. The van der Waals surface area contributed by atoms with Gasteiger partial charge in [0.1, 0.15) is 5.82 Å². The number of nitrogens with one attached hydrogen (secondary N) is 1. The van der Waals surface area contributed by atoms with Crippen LogP contribution in [0.25, 0.3) is 0 Å². The third-order valence-corrected chi connectivity index (χ3v) is 5.54. The van der Waals surface area contributed by atoms with Gasteiger partial charge in [-0.15, -0.1) is 0 Å². The average Bonchev–Trinajstić information content (AvgIpc) is 3.18. The van der Waals surface area contributed by atoms with Gasteiger partial charge in [0, 0.05) is 31.7 Å². The van der Waals surface area contributed by atoms with Crippen LogP contribution in [0.15, 0.2) is 36.7 Å². The van der Waals surface area contributed by atoms with Gasteiger partial charge in [-0.2, -0.15) is 0 Å². The quantitative estimate of drug-likeness (QED) is 0.905. The van der Waals surface area contributed by atoms with Gasteiger partial charge in [-0.1, -0.05) is 18.2 Å². The number of imidazole rings is 1. The van der Waals surface area contributed by atoms with Gasteiger partial charge in [-0.25, -0.2) is 4.98 Å². The molecule has 6 heteroatoms. The van der Waals surface area contributed by atoms with E-state index in [1.807, 2.05) is 30.6 Å². The number of ether oxygens (including phenoxy) is 1. The van der Waals surface area contributed by atoms with Crippen molar-refractivity contribution in [3.05, 3.63) is 48.0 Å². The molecule has 0 radical (unpaired) electrons. The number of carbonyl (C=O) groups excluding carboxylic acids is 1. The third kappa shape index (κ3) is 2.85. The number of hydrogen-bond acceptors (Lipinski definition) is 4. The maximum absolute atomic E-state index is 12.6. The normalized spacial score (nSPS) is 19.2. The van der Waals surface area contributed by atoms with E-state index in [0.717, 1.165) is 50.5 Å². The summed E-state index contributed by atoms with van der Waals surface area (Å²) < 4.78 is 7.31. The minimum absolute atomic E-state index is 0.162. The first-order valence-corrected chi connectivity index (χ1v) is 8.85. The van der Waals surface area contributed by atoms with Crippen molar-refractivity contribution in [2.45, 2.75) is 31.3 Å². The van der Waals surface area contributed by atoms with Crippen molar-refractivity contribution in [3.8, 4) is 0 Å². The van der Waals surface area contributed by atoms with Crippen LogP contribution in [0.5, 0.6) is 0 Å². The van der Waals surface area contributed by atoms with Crippen LogP contribution in [-0.2, 0) is 28.0 Å². The molecule has 6 nitrogen and oxygen atoms in total. The molecule has 1 aromatic heterocycles. The van der Waals surface area contributed by atoms with Crippen molar-refractivity contribution in [1.82, 2.24) is 14.5 Å². The highest BCUT2D eigenvalue weighted by Gasteiger charge is 2.48. The molecule has 1 spiro atoms. The molecule has 0 atom stereocenters. The highest BCUT2D eigenvalue weighted by atomic mass is 16.5. The Morgan fingerprint density at radius 1 is 1.28 bits per heavy atom. The second-order valence-corrected chi connectivity index (χ2v) is 6.89. The van der Waals surface area contributed by atoms with Crippen molar-refractivity contribution in [1.29, 1.82) is 0 Å². The molecule has 0 unspecified atom stereocenters. The second-order valence-electron chi connectivity index (χ2n) is 6.89. The number of fused-ring (bicyclic) bond motifs is 2. The lowest BCUT2D eigenvalue weighted by molar-refractivity contribution is -0.122. The monoisotopic (exact) mass is 340 g/mol. The SMILES string of the molecule is COCCn1ccnc1CN1CCC2(CC1)C(=O)Nc1ccccc12. The first-order valence-electron chi connectivity index (χ1n) is 8.85. The number of carbonyl (C=O) groups is 1. The molecule has 4 rings (SSSR count). The number of rotatable bonds is 5. The fourth-order valence-corrected chi connectivity index (χ4v) is 4.05.